The molecule has 0 atom stereocenters. The normalized spacial score (nSPS) is 20.2. The Hall–Kier alpha value is -1.61. The van der Waals surface area contributed by atoms with Crippen LogP contribution in [0.3, 0.4) is 0 Å². The zero-order chi connectivity index (χ0) is 11.4. The minimum atomic E-state index is 0.0619. The van der Waals surface area contributed by atoms with Gasteiger partial charge in [0.2, 0.25) is 0 Å². The number of aliphatic hydroxyl groups is 1. The van der Waals surface area contributed by atoms with Crippen LogP contribution in [0.1, 0.15) is 12.0 Å². The first-order valence-corrected chi connectivity index (χ1v) is 5.42. The number of carbonyl (C=O) groups excluding carboxylic acids is 1. The Kier molecular flexibility index (Phi) is 3.37. The third-order valence-corrected chi connectivity index (χ3v) is 2.81. The molecule has 1 aliphatic rings. The Morgan fingerprint density at radius 1 is 1.31 bits per heavy atom. The molecular formula is C13H15NO2. The summed E-state index contributed by atoms with van der Waals surface area (Å²) in [5.41, 5.74) is 1.75. The standard InChI is InChI=1S/C13H15NO2/c15-10-12-9-14(7-6-13(12)16)8-11-4-2-1-3-5-11/h1-5,10,15H,6-9H2/b12-10-. The van der Waals surface area contributed by atoms with Gasteiger partial charge in [0.05, 0.1) is 6.26 Å². The summed E-state index contributed by atoms with van der Waals surface area (Å²) in [4.78, 5) is 13.5. The number of ketones is 1. The smallest absolute Gasteiger partial charge is 0.164 e. The first-order chi connectivity index (χ1) is 7.79. The van der Waals surface area contributed by atoms with Crippen LogP contribution in [0.15, 0.2) is 42.2 Å². The lowest BCUT2D eigenvalue weighted by Crippen LogP contribution is -2.35. The minimum absolute atomic E-state index is 0.0619. The molecule has 3 heteroatoms. The molecule has 1 fully saturated rings. The van der Waals surface area contributed by atoms with Gasteiger partial charge in [0, 0.05) is 31.6 Å². The van der Waals surface area contributed by atoms with E-state index in [0.29, 0.717) is 18.5 Å². The molecule has 1 aromatic carbocycles. The second kappa shape index (κ2) is 4.94. The number of aliphatic hydroxyl groups excluding tert-OH is 1. The molecule has 0 saturated carbocycles. The first-order valence-electron chi connectivity index (χ1n) is 5.42. The van der Waals surface area contributed by atoms with Gasteiger partial charge in [0.25, 0.3) is 0 Å². The van der Waals surface area contributed by atoms with Crippen LogP contribution >= 0.6 is 0 Å². The van der Waals surface area contributed by atoms with Crippen molar-refractivity contribution in [2.75, 3.05) is 13.1 Å². The molecule has 3 nitrogen and oxygen atoms in total. The van der Waals surface area contributed by atoms with Gasteiger partial charge in [0.1, 0.15) is 0 Å². The lowest BCUT2D eigenvalue weighted by molar-refractivity contribution is -0.117. The van der Waals surface area contributed by atoms with E-state index in [0.717, 1.165) is 19.4 Å². The van der Waals surface area contributed by atoms with Crippen molar-refractivity contribution in [2.45, 2.75) is 13.0 Å². The number of piperidine rings is 1. The Labute approximate surface area is 95.0 Å². The third-order valence-electron chi connectivity index (χ3n) is 2.81. The summed E-state index contributed by atoms with van der Waals surface area (Å²) in [6.07, 6.45) is 1.44. The van der Waals surface area contributed by atoms with Gasteiger partial charge in [-0.1, -0.05) is 30.3 Å². The maximum Gasteiger partial charge on any atom is 0.164 e. The van der Waals surface area contributed by atoms with Crippen LogP contribution in [0.4, 0.5) is 0 Å². The second-order valence-electron chi connectivity index (χ2n) is 4.02. The van der Waals surface area contributed by atoms with Crippen molar-refractivity contribution in [2.24, 2.45) is 0 Å². The van der Waals surface area contributed by atoms with Crippen LogP contribution in [0.2, 0.25) is 0 Å². The predicted octanol–water partition coefficient (Wildman–Crippen LogP) is 1.90. The predicted molar refractivity (Wildman–Crippen MR) is 62.1 cm³/mol. The molecule has 0 unspecified atom stereocenters. The molecule has 1 heterocycles. The molecule has 0 aliphatic carbocycles. The quantitative estimate of drug-likeness (QED) is 0.607. The topological polar surface area (TPSA) is 40.5 Å². The summed E-state index contributed by atoms with van der Waals surface area (Å²) < 4.78 is 0. The van der Waals surface area contributed by atoms with Gasteiger partial charge in [-0.25, -0.2) is 0 Å². The van der Waals surface area contributed by atoms with Crippen molar-refractivity contribution in [3.05, 3.63) is 47.7 Å². The van der Waals surface area contributed by atoms with Crippen molar-refractivity contribution in [1.82, 2.24) is 4.90 Å². The molecule has 16 heavy (non-hydrogen) atoms. The average molecular weight is 217 g/mol. The maximum atomic E-state index is 11.4. The molecule has 2 rings (SSSR count). The van der Waals surface area contributed by atoms with Crippen LogP contribution in [0.25, 0.3) is 0 Å². The largest absolute Gasteiger partial charge is 0.515 e. The molecule has 0 amide bonds. The van der Waals surface area contributed by atoms with E-state index >= 15 is 0 Å². The number of likely N-dealkylation sites (tertiary alicyclic amines) is 1. The zero-order valence-corrected chi connectivity index (χ0v) is 9.10. The van der Waals surface area contributed by atoms with Crippen LogP contribution in [-0.4, -0.2) is 28.9 Å². The number of Topliss-reactive ketones (excluding diaryl/α,β-unsaturated/α-hetero) is 1. The molecule has 1 N–H and O–H groups in total. The molecule has 1 aliphatic heterocycles. The highest BCUT2D eigenvalue weighted by Crippen LogP contribution is 2.14. The van der Waals surface area contributed by atoms with Crippen molar-refractivity contribution >= 4 is 5.78 Å². The Morgan fingerprint density at radius 3 is 2.75 bits per heavy atom. The van der Waals surface area contributed by atoms with Crippen molar-refractivity contribution in [3.8, 4) is 0 Å². The van der Waals surface area contributed by atoms with Gasteiger partial charge in [-0.15, -0.1) is 0 Å². The molecule has 0 bridgehead atoms. The van der Waals surface area contributed by atoms with Gasteiger partial charge < -0.3 is 5.11 Å². The van der Waals surface area contributed by atoms with Gasteiger partial charge in [-0.05, 0) is 5.56 Å². The van der Waals surface area contributed by atoms with E-state index in [4.69, 9.17) is 5.11 Å². The van der Waals surface area contributed by atoms with Crippen LogP contribution in [0, 0.1) is 0 Å². The van der Waals surface area contributed by atoms with Crippen LogP contribution < -0.4 is 0 Å². The van der Waals surface area contributed by atoms with Crippen LogP contribution in [-0.2, 0) is 11.3 Å². The van der Waals surface area contributed by atoms with Gasteiger partial charge in [0.15, 0.2) is 5.78 Å². The van der Waals surface area contributed by atoms with Gasteiger partial charge in [-0.2, -0.15) is 0 Å². The highest BCUT2D eigenvalue weighted by atomic mass is 16.2. The molecule has 84 valence electrons. The van der Waals surface area contributed by atoms with Crippen molar-refractivity contribution < 1.29 is 9.90 Å². The summed E-state index contributed by atoms with van der Waals surface area (Å²) in [5, 5.41) is 8.94. The first kappa shape index (κ1) is 10.9. The number of hydrogen-bond donors (Lipinski definition) is 1. The van der Waals surface area contributed by atoms with E-state index in [1.807, 2.05) is 18.2 Å². The Morgan fingerprint density at radius 2 is 2.06 bits per heavy atom. The lowest BCUT2D eigenvalue weighted by atomic mass is 10.0. The maximum absolute atomic E-state index is 11.4. The van der Waals surface area contributed by atoms with Crippen LogP contribution in [0.5, 0.6) is 0 Å². The summed E-state index contributed by atoms with van der Waals surface area (Å²) in [6, 6.07) is 10.1. The highest BCUT2D eigenvalue weighted by molar-refractivity contribution is 5.96. The van der Waals surface area contributed by atoms with Gasteiger partial charge >= 0.3 is 0 Å². The fraction of sp³-hybridized carbons (Fsp3) is 0.308. The number of nitrogens with zero attached hydrogens (tertiary/aromatic N) is 1. The summed E-state index contributed by atoms with van der Waals surface area (Å²) in [5.74, 6) is 0.0619. The van der Waals surface area contributed by atoms with E-state index in [-0.39, 0.29) is 5.78 Å². The van der Waals surface area contributed by atoms with Crippen molar-refractivity contribution in [1.29, 1.82) is 0 Å². The fourth-order valence-electron chi connectivity index (χ4n) is 1.92. The number of carbonyl (C=O) groups is 1. The Balaban J connectivity index is 2.00. The van der Waals surface area contributed by atoms with E-state index in [1.165, 1.54) is 5.56 Å². The van der Waals surface area contributed by atoms with Gasteiger partial charge in [-0.3, -0.25) is 9.69 Å². The van der Waals surface area contributed by atoms with E-state index in [1.54, 1.807) is 0 Å². The monoisotopic (exact) mass is 217 g/mol. The number of benzene rings is 1. The Bertz CT molecular complexity index is 398. The molecule has 1 aromatic rings. The molecule has 1 saturated heterocycles. The number of rotatable bonds is 2. The SMILES string of the molecule is O=C1CCN(Cc2ccccc2)C/C1=C/O. The fourth-order valence-corrected chi connectivity index (χ4v) is 1.92. The molecular weight excluding hydrogens is 202 g/mol. The highest BCUT2D eigenvalue weighted by Gasteiger charge is 2.21. The summed E-state index contributed by atoms with van der Waals surface area (Å²) in [6.45, 7) is 2.14. The number of hydrogen-bond acceptors (Lipinski definition) is 3. The zero-order valence-electron chi connectivity index (χ0n) is 9.10. The minimum Gasteiger partial charge on any atom is -0.515 e. The third kappa shape index (κ3) is 2.49. The van der Waals surface area contributed by atoms with E-state index in [2.05, 4.69) is 17.0 Å². The molecule has 0 spiro atoms. The average Bonchev–Trinajstić information content (AvgIpc) is 2.33. The molecule has 0 aromatic heterocycles. The lowest BCUT2D eigenvalue weighted by Gasteiger charge is -2.27. The molecule has 0 radical (unpaired) electrons. The van der Waals surface area contributed by atoms with E-state index < -0.39 is 0 Å². The van der Waals surface area contributed by atoms with E-state index in [9.17, 15) is 4.79 Å². The summed E-state index contributed by atoms with van der Waals surface area (Å²) >= 11 is 0. The van der Waals surface area contributed by atoms with Crippen molar-refractivity contribution in [3.63, 3.8) is 0 Å². The second-order valence-corrected chi connectivity index (χ2v) is 4.02. The summed E-state index contributed by atoms with van der Waals surface area (Å²) in [7, 11) is 0.